The van der Waals surface area contributed by atoms with Crippen molar-refractivity contribution in [1.82, 2.24) is 14.8 Å². The molecule has 0 radical (unpaired) electrons. The maximum atomic E-state index is 14.3. The fraction of sp³-hybridized carbons (Fsp3) is 0.679. The SMILES string of the molecule is CCC(=O)O[C@@H]1CC(=O)O[C@@H](C/C=C/c2cncc(Nc3ccccc3)c2)CCCN(C)C[C@H](O)[C@H](C)C[C@H](CC=O)[C@H](O[C@@H]2OC(C)[C@@H](O[C@H]3CC(C)(OC(C)=O)[C@@H](OC(=O)CC)C(C)O3)C(N(C)C)C2O)[C@H]1OC. The van der Waals surface area contributed by atoms with E-state index in [1.54, 1.807) is 66.0 Å². The third-order valence-corrected chi connectivity index (χ3v) is 14.4. The molecule has 3 aliphatic heterocycles. The van der Waals surface area contributed by atoms with E-state index in [2.05, 4.69) is 10.3 Å². The van der Waals surface area contributed by atoms with Crippen LogP contribution in [-0.4, -0.2) is 182 Å². The van der Waals surface area contributed by atoms with Crippen LogP contribution in [0, 0.1) is 11.8 Å². The first-order chi connectivity index (χ1) is 36.2. The Morgan fingerprint density at radius 2 is 1.66 bits per heavy atom. The first-order valence-corrected chi connectivity index (χ1v) is 26.7. The molecule has 0 spiro atoms. The van der Waals surface area contributed by atoms with E-state index < -0.39 is 127 Å². The van der Waals surface area contributed by atoms with Crippen molar-refractivity contribution in [2.45, 2.75) is 192 Å². The minimum absolute atomic E-state index is 0.0276. The number of hydrogen-bond donors (Lipinski definition) is 3. The summed E-state index contributed by atoms with van der Waals surface area (Å²) in [6, 6.07) is 10.9. The Kier molecular flexibility index (Phi) is 24.2. The lowest BCUT2D eigenvalue weighted by Crippen LogP contribution is -2.66. The number of hydrogen-bond acceptors (Lipinski definition) is 20. The molecule has 424 valence electrons. The number of rotatable bonds is 18. The summed E-state index contributed by atoms with van der Waals surface area (Å²) in [6.07, 6.45) is -3.23. The van der Waals surface area contributed by atoms with Crippen LogP contribution in [0.15, 0.2) is 54.9 Å². The average molecular weight is 1070 g/mol. The molecule has 76 heavy (non-hydrogen) atoms. The first kappa shape index (κ1) is 61.9. The lowest BCUT2D eigenvalue weighted by atomic mass is 9.82. The molecule has 3 aliphatic rings. The van der Waals surface area contributed by atoms with Gasteiger partial charge in [-0.05, 0) is 103 Å². The number of nitrogens with one attached hydrogen (secondary N) is 1. The maximum absolute atomic E-state index is 14.3. The standard InChI is InChI=1S/C56H84N4O16/c1-12-45(64)72-44-29-47(66)71-42(22-17-19-38-28-41(32-57-31-38)58-40-20-15-14-16-21-40)23-18-25-60(10)33-43(63)34(3)27-39(24-26-61)52(53(44)68-11)75-55-50(67)49(59(8)9)51(35(4)70-55)74-48-30-56(7,76-37(6)62)54(36(5)69-48)73-46(65)13-2/h14-17,19-21,26,28,31-32,34-36,39,42-44,48-55,58,63,67H,12-13,18,22-25,27,29-30,33H2,1-11H3/b19-17+/t34-,35?,36?,39+,42+,43+,44-,48+,49?,50?,51-,52+,53+,54+,55+,56?/m1/s1. The fourth-order valence-corrected chi connectivity index (χ4v) is 10.5. The summed E-state index contributed by atoms with van der Waals surface area (Å²) in [7, 11) is 6.79. The average Bonchev–Trinajstić information content (AvgIpc) is 3.36. The number of esters is 4. The number of cyclic esters (lactones) is 1. The highest BCUT2D eigenvalue weighted by Gasteiger charge is 2.54. The summed E-state index contributed by atoms with van der Waals surface area (Å²) in [6.45, 7) is 12.4. The second-order valence-electron chi connectivity index (χ2n) is 20.9. The van der Waals surface area contributed by atoms with E-state index in [4.69, 9.17) is 42.6 Å². The molecule has 5 rings (SSSR count). The maximum Gasteiger partial charge on any atom is 0.309 e. The predicted molar refractivity (Wildman–Crippen MR) is 281 cm³/mol. The van der Waals surface area contributed by atoms with E-state index in [0.717, 1.165) is 23.2 Å². The Morgan fingerprint density at radius 1 is 0.947 bits per heavy atom. The van der Waals surface area contributed by atoms with Crippen molar-refractivity contribution in [3.63, 3.8) is 0 Å². The Morgan fingerprint density at radius 3 is 2.32 bits per heavy atom. The van der Waals surface area contributed by atoms with Crippen LogP contribution in [0.1, 0.15) is 112 Å². The van der Waals surface area contributed by atoms with Crippen LogP contribution < -0.4 is 5.32 Å². The summed E-state index contributed by atoms with van der Waals surface area (Å²) < 4.78 is 56.2. The molecule has 0 amide bonds. The number of aliphatic hydroxyl groups excluding tert-OH is 2. The van der Waals surface area contributed by atoms with Gasteiger partial charge in [0.15, 0.2) is 24.3 Å². The highest BCUT2D eigenvalue weighted by molar-refractivity contribution is 5.73. The molecule has 1 aromatic carbocycles. The summed E-state index contributed by atoms with van der Waals surface area (Å²) in [5, 5.41) is 27.4. The van der Waals surface area contributed by atoms with Crippen LogP contribution in [0.3, 0.4) is 0 Å². The zero-order chi connectivity index (χ0) is 55.7. The van der Waals surface area contributed by atoms with Gasteiger partial charge < -0.3 is 72.8 Å². The molecule has 0 aliphatic carbocycles. The van der Waals surface area contributed by atoms with Gasteiger partial charge >= 0.3 is 23.9 Å². The predicted octanol–water partition coefficient (Wildman–Crippen LogP) is 5.77. The van der Waals surface area contributed by atoms with Gasteiger partial charge in [0.25, 0.3) is 0 Å². The number of nitrogens with zero attached hydrogens (tertiary/aromatic N) is 3. The number of β-amino-alcohol motifs (C(OH)–C–C–N with tert-alkyl or cyclic N) is 1. The van der Waals surface area contributed by atoms with E-state index in [9.17, 15) is 34.2 Å². The van der Waals surface area contributed by atoms with Gasteiger partial charge in [-0.3, -0.25) is 24.2 Å². The van der Waals surface area contributed by atoms with E-state index in [1.807, 2.05) is 67.4 Å². The number of carbonyl (C=O) groups excluding carboxylic acids is 5. The third kappa shape index (κ3) is 17.8. The second kappa shape index (κ2) is 29.7. The molecule has 16 atom stereocenters. The number of anilines is 2. The van der Waals surface area contributed by atoms with E-state index in [1.165, 1.54) is 14.0 Å². The monoisotopic (exact) mass is 1070 g/mol. The smallest absolute Gasteiger partial charge is 0.309 e. The normalized spacial score (nSPS) is 33.5. The number of ether oxygens (including phenoxy) is 9. The number of carbonyl (C=O) groups is 5. The molecule has 0 bridgehead atoms. The lowest BCUT2D eigenvalue weighted by molar-refractivity contribution is -0.344. The topological polar surface area (TPSA) is 240 Å². The van der Waals surface area contributed by atoms with Gasteiger partial charge in [-0.15, -0.1) is 0 Å². The second-order valence-corrected chi connectivity index (χ2v) is 20.9. The van der Waals surface area contributed by atoms with Crippen molar-refractivity contribution in [3.8, 4) is 0 Å². The minimum atomic E-state index is -1.45. The molecule has 3 fully saturated rings. The molecular weight excluding hydrogens is 985 g/mol. The van der Waals surface area contributed by atoms with Crippen molar-refractivity contribution in [1.29, 1.82) is 0 Å². The van der Waals surface area contributed by atoms with Gasteiger partial charge in [0.2, 0.25) is 0 Å². The molecule has 3 N–H and O–H groups in total. The van der Waals surface area contributed by atoms with E-state index >= 15 is 0 Å². The van der Waals surface area contributed by atoms with Gasteiger partial charge in [0, 0.05) is 64.6 Å². The minimum Gasteiger partial charge on any atom is -0.462 e. The van der Waals surface area contributed by atoms with Crippen molar-refractivity contribution >= 4 is 47.6 Å². The van der Waals surface area contributed by atoms with Crippen molar-refractivity contribution in [2.75, 3.05) is 46.7 Å². The highest BCUT2D eigenvalue weighted by atomic mass is 16.7. The van der Waals surface area contributed by atoms with Crippen LogP contribution in [0.5, 0.6) is 0 Å². The number of aromatic nitrogens is 1. The Bertz CT molecular complexity index is 2190. The number of benzene rings is 1. The summed E-state index contributed by atoms with van der Waals surface area (Å²) >= 11 is 0. The number of likely N-dealkylation sites (N-methyl/N-ethyl adjacent to an activating group) is 2. The van der Waals surface area contributed by atoms with Crippen molar-refractivity contribution in [3.05, 3.63) is 60.4 Å². The van der Waals surface area contributed by atoms with Crippen LogP contribution in [-0.2, 0) is 66.6 Å². The van der Waals surface area contributed by atoms with Gasteiger partial charge in [0.1, 0.15) is 36.8 Å². The molecule has 0 saturated carbocycles. The first-order valence-electron chi connectivity index (χ1n) is 26.7. The van der Waals surface area contributed by atoms with Crippen LogP contribution >= 0.6 is 0 Å². The van der Waals surface area contributed by atoms with Gasteiger partial charge in [-0.1, -0.05) is 51.1 Å². The molecule has 1 aromatic heterocycles. The Labute approximate surface area is 448 Å². The highest BCUT2D eigenvalue weighted by Crippen LogP contribution is 2.39. The molecule has 5 unspecified atom stereocenters. The number of aliphatic hydroxyl groups is 2. The van der Waals surface area contributed by atoms with Gasteiger partial charge in [-0.25, -0.2) is 0 Å². The summed E-state index contributed by atoms with van der Waals surface area (Å²) in [4.78, 5) is 73.2. The van der Waals surface area contributed by atoms with Crippen LogP contribution in [0.4, 0.5) is 11.4 Å². The Hall–Kier alpha value is -4.90. The molecule has 3 saturated heterocycles. The van der Waals surface area contributed by atoms with Crippen molar-refractivity contribution in [2.24, 2.45) is 11.8 Å². The zero-order valence-electron chi connectivity index (χ0n) is 46.2. The van der Waals surface area contributed by atoms with Gasteiger partial charge in [-0.2, -0.15) is 0 Å². The fourth-order valence-electron chi connectivity index (χ4n) is 10.5. The van der Waals surface area contributed by atoms with Crippen LogP contribution in [0.2, 0.25) is 0 Å². The lowest BCUT2D eigenvalue weighted by Gasteiger charge is -2.50. The zero-order valence-corrected chi connectivity index (χ0v) is 46.2. The molecule has 20 heteroatoms. The number of pyridine rings is 1. The number of methoxy groups -OCH3 is 1. The largest absolute Gasteiger partial charge is 0.462 e. The van der Waals surface area contributed by atoms with Crippen LogP contribution in [0.25, 0.3) is 6.08 Å². The quantitative estimate of drug-likeness (QED) is 0.0912. The summed E-state index contributed by atoms with van der Waals surface area (Å²) in [5.74, 6) is -3.50. The summed E-state index contributed by atoms with van der Waals surface area (Å²) in [5.41, 5.74) is 1.21. The molecular formula is C56H84N4O16. The van der Waals surface area contributed by atoms with E-state index in [-0.39, 0.29) is 32.1 Å². The molecule has 20 nitrogen and oxygen atoms in total. The molecule has 4 heterocycles. The Balaban J connectivity index is 1.44. The van der Waals surface area contributed by atoms with E-state index in [0.29, 0.717) is 32.4 Å². The number of para-hydroxylation sites is 1. The number of aldehydes is 1. The van der Waals surface area contributed by atoms with Crippen molar-refractivity contribution < 1.29 is 76.8 Å². The molecule has 2 aromatic rings. The third-order valence-electron chi connectivity index (χ3n) is 14.4. The van der Waals surface area contributed by atoms with Gasteiger partial charge in [0.05, 0.1) is 48.8 Å².